The molecular weight excluding hydrogens is 443 g/mol. The molecule has 1 N–H and O–H groups in total. The molecule has 1 aromatic heterocycles. The SMILES string of the molecule is O=C(COc1cccc(I)c1)Nc1cc(Cl)ccc1-n1cncn1. The number of aromatic nitrogens is 3. The number of ether oxygens (including phenoxy) is 1. The average molecular weight is 455 g/mol. The predicted molar refractivity (Wildman–Crippen MR) is 99.7 cm³/mol. The van der Waals surface area contributed by atoms with Crippen LogP contribution in [0.3, 0.4) is 0 Å². The summed E-state index contributed by atoms with van der Waals surface area (Å²) in [6.07, 6.45) is 2.96. The van der Waals surface area contributed by atoms with Crippen LogP contribution in [0, 0.1) is 3.57 Å². The lowest BCUT2D eigenvalue weighted by Crippen LogP contribution is -2.21. The van der Waals surface area contributed by atoms with Gasteiger partial charge >= 0.3 is 0 Å². The minimum atomic E-state index is -0.294. The number of carbonyl (C=O) groups is 1. The van der Waals surface area contributed by atoms with E-state index in [0.717, 1.165) is 3.57 Å². The molecular formula is C16H12ClIN4O2. The fourth-order valence-corrected chi connectivity index (χ4v) is 2.72. The molecule has 0 aliphatic rings. The van der Waals surface area contributed by atoms with Crippen molar-refractivity contribution >= 4 is 45.8 Å². The van der Waals surface area contributed by atoms with E-state index in [1.807, 2.05) is 18.2 Å². The van der Waals surface area contributed by atoms with Gasteiger partial charge in [-0.25, -0.2) is 9.67 Å². The maximum atomic E-state index is 12.2. The van der Waals surface area contributed by atoms with Crippen molar-refractivity contribution in [2.75, 3.05) is 11.9 Å². The summed E-state index contributed by atoms with van der Waals surface area (Å²) >= 11 is 8.21. The number of amides is 1. The van der Waals surface area contributed by atoms with Gasteiger partial charge in [0.2, 0.25) is 0 Å². The van der Waals surface area contributed by atoms with E-state index in [0.29, 0.717) is 22.1 Å². The van der Waals surface area contributed by atoms with Gasteiger partial charge in [0.25, 0.3) is 5.91 Å². The first-order valence-electron chi connectivity index (χ1n) is 6.94. The molecule has 24 heavy (non-hydrogen) atoms. The lowest BCUT2D eigenvalue weighted by molar-refractivity contribution is -0.118. The number of halogens is 2. The Morgan fingerprint density at radius 1 is 1.29 bits per heavy atom. The van der Waals surface area contributed by atoms with Crippen LogP contribution in [0.2, 0.25) is 5.02 Å². The zero-order valence-corrected chi connectivity index (χ0v) is 15.2. The van der Waals surface area contributed by atoms with E-state index in [1.54, 1.807) is 35.3 Å². The third-order valence-electron chi connectivity index (χ3n) is 3.06. The van der Waals surface area contributed by atoms with Crippen LogP contribution in [0.25, 0.3) is 5.69 Å². The van der Waals surface area contributed by atoms with Crippen LogP contribution in [0.15, 0.2) is 55.1 Å². The molecule has 0 atom stereocenters. The van der Waals surface area contributed by atoms with E-state index in [4.69, 9.17) is 16.3 Å². The second-order valence-electron chi connectivity index (χ2n) is 4.80. The molecule has 3 rings (SSSR count). The van der Waals surface area contributed by atoms with Gasteiger partial charge in [0.1, 0.15) is 18.4 Å². The maximum Gasteiger partial charge on any atom is 0.262 e. The molecule has 0 saturated heterocycles. The van der Waals surface area contributed by atoms with Gasteiger partial charge in [-0.1, -0.05) is 17.7 Å². The topological polar surface area (TPSA) is 69.0 Å². The molecule has 0 aliphatic carbocycles. The fraction of sp³-hybridized carbons (Fsp3) is 0.0625. The zero-order chi connectivity index (χ0) is 16.9. The number of nitrogens with zero attached hydrogens (tertiary/aromatic N) is 3. The number of carbonyl (C=O) groups excluding carboxylic acids is 1. The normalized spacial score (nSPS) is 10.4. The van der Waals surface area contributed by atoms with Gasteiger partial charge in [0.15, 0.2) is 6.61 Å². The van der Waals surface area contributed by atoms with E-state index in [2.05, 4.69) is 38.0 Å². The summed E-state index contributed by atoms with van der Waals surface area (Å²) < 4.78 is 8.08. The Hall–Kier alpha value is -2.13. The quantitative estimate of drug-likeness (QED) is 0.599. The molecule has 0 bridgehead atoms. The number of hydrogen-bond donors (Lipinski definition) is 1. The van der Waals surface area contributed by atoms with Crippen molar-refractivity contribution in [2.24, 2.45) is 0 Å². The van der Waals surface area contributed by atoms with Gasteiger partial charge in [-0.15, -0.1) is 0 Å². The second-order valence-corrected chi connectivity index (χ2v) is 6.48. The van der Waals surface area contributed by atoms with Crippen molar-refractivity contribution in [1.82, 2.24) is 14.8 Å². The van der Waals surface area contributed by atoms with Gasteiger partial charge in [-0.2, -0.15) is 5.10 Å². The summed E-state index contributed by atoms with van der Waals surface area (Å²) in [5.41, 5.74) is 1.20. The number of nitrogens with one attached hydrogen (secondary N) is 1. The average Bonchev–Trinajstić information content (AvgIpc) is 3.07. The van der Waals surface area contributed by atoms with Crippen molar-refractivity contribution in [3.05, 3.63) is 63.7 Å². The Morgan fingerprint density at radius 3 is 2.92 bits per heavy atom. The van der Waals surface area contributed by atoms with Gasteiger partial charge < -0.3 is 10.1 Å². The van der Waals surface area contributed by atoms with Crippen LogP contribution in [0.5, 0.6) is 5.75 Å². The molecule has 0 unspecified atom stereocenters. The first kappa shape index (κ1) is 16.7. The smallest absolute Gasteiger partial charge is 0.262 e. The van der Waals surface area contributed by atoms with E-state index in [-0.39, 0.29) is 12.5 Å². The van der Waals surface area contributed by atoms with Crippen LogP contribution in [0.4, 0.5) is 5.69 Å². The van der Waals surface area contributed by atoms with Crippen molar-refractivity contribution in [3.63, 3.8) is 0 Å². The molecule has 0 radical (unpaired) electrons. The maximum absolute atomic E-state index is 12.2. The first-order valence-corrected chi connectivity index (χ1v) is 8.40. The molecule has 1 amide bonds. The summed E-state index contributed by atoms with van der Waals surface area (Å²) in [6.45, 7) is -0.108. The van der Waals surface area contributed by atoms with Gasteiger partial charge in [-0.05, 0) is 59.0 Å². The number of rotatable bonds is 5. The summed E-state index contributed by atoms with van der Waals surface area (Å²) in [7, 11) is 0. The van der Waals surface area contributed by atoms with Crippen molar-refractivity contribution in [1.29, 1.82) is 0 Å². The third kappa shape index (κ3) is 4.24. The van der Waals surface area contributed by atoms with Gasteiger partial charge in [0, 0.05) is 8.59 Å². The third-order valence-corrected chi connectivity index (χ3v) is 3.97. The van der Waals surface area contributed by atoms with Crippen LogP contribution in [-0.4, -0.2) is 27.3 Å². The Labute approximate surface area is 156 Å². The molecule has 0 fully saturated rings. The molecule has 8 heteroatoms. The van der Waals surface area contributed by atoms with Crippen LogP contribution >= 0.6 is 34.2 Å². The first-order chi connectivity index (χ1) is 11.6. The minimum Gasteiger partial charge on any atom is -0.484 e. The minimum absolute atomic E-state index is 0.108. The Kier molecular flexibility index (Phi) is 5.31. The van der Waals surface area contributed by atoms with Gasteiger partial charge in [-0.3, -0.25) is 4.79 Å². The van der Waals surface area contributed by atoms with E-state index < -0.39 is 0 Å². The van der Waals surface area contributed by atoms with Crippen LogP contribution in [0.1, 0.15) is 0 Å². The summed E-state index contributed by atoms with van der Waals surface area (Å²) in [5, 5.41) is 7.36. The van der Waals surface area contributed by atoms with Crippen molar-refractivity contribution in [2.45, 2.75) is 0 Å². The Morgan fingerprint density at radius 2 is 2.17 bits per heavy atom. The van der Waals surface area contributed by atoms with E-state index >= 15 is 0 Å². The molecule has 6 nitrogen and oxygen atoms in total. The molecule has 0 saturated carbocycles. The van der Waals surface area contributed by atoms with Crippen molar-refractivity contribution in [3.8, 4) is 11.4 Å². The highest BCUT2D eigenvalue weighted by Gasteiger charge is 2.11. The number of benzene rings is 2. The highest BCUT2D eigenvalue weighted by molar-refractivity contribution is 14.1. The molecule has 3 aromatic rings. The molecule has 122 valence electrons. The monoisotopic (exact) mass is 454 g/mol. The van der Waals surface area contributed by atoms with E-state index in [1.165, 1.54) is 6.33 Å². The standard InChI is InChI=1S/C16H12ClIN4O2/c17-11-4-5-15(22-10-19-9-20-22)14(6-11)21-16(23)8-24-13-3-1-2-12(18)7-13/h1-7,9-10H,8H2,(H,21,23). The zero-order valence-electron chi connectivity index (χ0n) is 12.3. The molecule has 2 aromatic carbocycles. The largest absolute Gasteiger partial charge is 0.484 e. The van der Waals surface area contributed by atoms with Gasteiger partial charge in [0.05, 0.1) is 11.4 Å². The number of anilines is 1. The molecule has 0 aliphatic heterocycles. The highest BCUT2D eigenvalue weighted by Crippen LogP contribution is 2.24. The molecule has 0 spiro atoms. The summed E-state index contributed by atoms with van der Waals surface area (Å²) in [4.78, 5) is 16.1. The fourth-order valence-electron chi connectivity index (χ4n) is 2.03. The predicted octanol–water partition coefficient (Wildman–Crippen LogP) is 3.54. The van der Waals surface area contributed by atoms with Crippen LogP contribution in [-0.2, 0) is 4.79 Å². The number of hydrogen-bond acceptors (Lipinski definition) is 4. The summed E-state index contributed by atoms with van der Waals surface area (Å²) in [6, 6.07) is 12.6. The summed E-state index contributed by atoms with van der Waals surface area (Å²) in [5.74, 6) is 0.345. The van der Waals surface area contributed by atoms with E-state index in [9.17, 15) is 4.79 Å². The highest BCUT2D eigenvalue weighted by atomic mass is 127. The van der Waals surface area contributed by atoms with Crippen molar-refractivity contribution < 1.29 is 9.53 Å². The second kappa shape index (κ2) is 7.63. The Bertz CT molecular complexity index is 855. The Balaban J connectivity index is 1.71. The lowest BCUT2D eigenvalue weighted by Gasteiger charge is -2.12. The molecule has 1 heterocycles. The lowest BCUT2D eigenvalue weighted by atomic mass is 10.2. The van der Waals surface area contributed by atoms with Crippen LogP contribution < -0.4 is 10.1 Å².